The average Bonchev–Trinajstić information content (AvgIpc) is 2.01. The number of alkyl halides is 1. The van der Waals surface area contributed by atoms with E-state index in [1.807, 2.05) is 0 Å². The molecule has 1 saturated carbocycles. The second kappa shape index (κ2) is 4.33. The van der Waals surface area contributed by atoms with Crippen molar-refractivity contribution in [2.75, 3.05) is 6.54 Å². The third-order valence-electron chi connectivity index (χ3n) is 2.37. The van der Waals surface area contributed by atoms with Crippen LogP contribution in [0.3, 0.4) is 0 Å². The summed E-state index contributed by atoms with van der Waals surface area (Å²) in [6.07, 6.45) is 3.92. The summed E-state index contributed by atoms with van der Waals surface area (Å²) in [5, 5.41) is 0. The molecular formula is C9H14FN. The van der Waals surface area contributed by atoms with Crippen LogP contribution in [0.4, 0.5) is 4.39 Å². The summed E-state index contributed by atoms with van der Waals surface area (Å²) in [6.45, 7) is 7.18. The van der Waals surface area contributed by atoms with Crippen LogP contribution in [-0.4, -0.2) is 12.7 Å². The molecule has 1 nitrogen and oxygen atoms in total. The third kappa shape index (κ3) is 2.88. The minimum absolute atomic E-state index is 0.493. The SMILES string of the molecule is [C-]#[N+]CCC1CCCC(F)C1. The maximum absolute atomic E-state index is 12.8. The zero-order chi connectivity index (χ0) is 8.10. The van der Waals surface area contributed by atoms with Crippen molar-refractivity contribution >= 4 is 0 Å². The Morgan fingerprint density at radius 3 is 2.91 bits per heavy atom. The van der Waals surface area contributed by atoms with E-state index in [1.54, 1.807) is 0 Å². The Morgan fingerprint density at radius 1 is 1.45 bits per heavy atom. The predicted molar refractivity (Wildman–Crippen MR) is 42.9 cm³/mol. The Hall–Kier alpha value is -0.580. The Balaban J connectivity index is 2.18. The minimum atomic E-state index is -0.584. The van der Waals surface area contributed by atoms with Crippen molar-refractivity contribution in [3.05, 3.63) is 11.4 Å². The van der Waals surface area contributed by atoms with Gasteiger partial charge in [0.25, 0.3) is 0 Å². The molecule has 1 aliphatic rings. The van der Waals surface area contributed by atoms with Crippen molar-refractivity contribution in [1.82, 2.24) is 0 Å². The molecule has 11 heavy (non-hydrogen) atoms. The van der Waals surface area contributed by atoms with Crippen molar-refractivity contribution in [3.63, 3.8) is 0 Å². The van der Waals surface area contributed by atoms with Gasteiger partial charge in [-0.3, -0.25) is 0 Å². The average molecular weight is 155 g/mol. The molecule has 2 heteroatoms. The van der Waals surface area contributed by atoms with E-state index in [1.165, 1.54) is 0 Å². The summed E-state index contributed by atoms with van der Waals surface area (Å²) >= 11 is 0. The van der Waals surface area contributed by atoms with Crippen LogP contribution in [0.25, 0.3) is 4.85 Å². The fourth-order valence-corrected chi connectivity index (χ4v) is 1.73. The molecule has 0 saturated heterocycles. The number of hydrogen-bond donors (Lipinski definition) is 0. The van der Waals surface area contributed by atoms with Gasteiger partial charge in [0.15, 0.2) is 0 Å². The van der Waals surface area contributed by atoms with E-state index in [-0.39, 0.29) is 0 Å². The number of rotatable bonds is 2. The number of nitrogens with zero attached hydrogens (tertiary/aromatic N) is 1. The Kier molecular flexibility index (Phi) is 3.35. The molecule has 1 aliphatic carbocycles. The zero-order valence-electron chi connectivity index (χ0n) is 6.72. The molecule has 2 unspecified atom stereocenters. The lowest BCUT2D eigenvalue weighted by Crippen LogP contribution is -2.16. The summed E-state index contributed by atoms with van der Waals surface area (Å²) in [7, 11) is 0. The van der Waals surface area contributed by atoms with Gasteiger partial charge in [0.1, 0.15) is 6.17 Å². The largest absolute Gasteiger partial charge is 0.317 e. The molecule has 0 aromatic carbocycles. The van der Waals surface area contributed by atoms with Crippen molar-refractivity contribution in [3.8, 4) is 0 Å². The summed E-state index contributed by atoms with van der Waals surface area (Å²) in [5.41, 5.74) is 0. The maximum atomic E-state index is 12.8. The highest BCUT2D eigenvalue weighted by molar-refractivity contribution is 4.75. The van der Waals surface area contributed by atoms with E-state index in [0.29, 0.717) is 18.9 Å². The highest BCUT2D eigenvalue weighted by Gasteiger charge is 2.21. The molecule has 0 spiro atoms. The molecule has 0 N–H and O–H groups in total. The number of halogens is 1. The monoisotopic (exact) mass is 155 g/mol. The van der Waals surface area contributed by atoms with Crippen LogP contribution in [-0.2, 0) is 0 Å². The molecule has 1 fully saturated rings. The smallest absolute Gasteiger partial charge is 0.214 e. The summed E-state index contributed by atoms with van der Waals surface area (Å²) in [6, 6.07) is 0. The molecular weight excluding hydrogens is 141 g/mol. The van der Waals surface area contributed by atoms with Crippen LogP contribution in [0.2, 0.25) is 0 Å². The topological polar surface area (TPSA) is 4.36 Å². The fourth-order valence-electron chi connectivity index (χ4n) is 1.73. The summed E-state index contributed by atoms with van der Waals surface area (Å²) < 4.78 is 12.8. The van der Waals surface area contributed by atoms with E-state index in [9.17, 15) is 4.39 Å². The first-order valence-electron chi connectivity index (χ1n) is 4.30. The van der Waals surface area contributed by atoms with E-state index >= 15 is 0 Å². The van der Waals surface area contributed by atoms with Crippen LogP contribution < -0.4 is 0 Å². The first-order valence-corrected chi connectivity index (χ1v) is 4.30. The van der Waals surface area contributed by atoms with Crippen molar-refractivity contribution < 1.29 is 4.39 Å². The number of hydrogen-bond acceptors (Lipinski definition) is 0. The first-order chi connectivity index (χ1) is 5.33. The van der Waals surface area contributed by atoms with Gasteiger partial charge in [-0.05, 0) is 25.2 Å². The van der Waals surface area contributed by atoms with Crippen LogP contribution >= 0.6 is 0 Å². The molecule has 0 heterocycles. The first kappa shape index (κ1) is 8.52. The van der Waals surface area contributed by atoms with Crippen molar-refractivity contribution in [2.24, 2.45) is 5.92 Å². The molecule has 0 bridgehead atoms. The quantitative estimate of drug-likeness (QED) is 0.540. The van der Waals surface area contributed by atoms with E-state index < -0.39 is 6.17 Å². The normalized spacial score (nSPS) is 31.3. The van der Waals surface area contributed by atoms with Gasteiger partial charge in [0.05, 0.1) is 0 Å². The van der Waals surface area contributed by atoms with Crippen LogP contribution in [0, 0.1) is 12.5 Å². The molecule has 0 aliphatic heterocycles. The van der Waals surface area contributed by atoms with Gasteiger partial charge in [0, 0.05) is 6.42 Å². The molecule has 0 aromatic rings. The van der Waals surface area contributed by atoms with Crippen LogP contribution in [0.15, 0.2) is 0 Å². The molecule has 1 rings (SSSR count). The molecule has 0 aromatic heterocycles. The molecule has 0 radical (unpaired) electrons. The van der Waals surface area contributed by atoms with E-state index in [4.69, 9.17) is 6.57 Å². The lowest BCUT2D eigenvalue weighted by molar-refractivity contribution is 0.195. The summed E-state index contributed by atoms with van der Waals surface area (Å²) in [5.74, 6) is 0.493. The van der Waals surface area contributed by atoms with Gasteiger partial charge in [-0.25, -0.2) is 11.0 Å². The lowest BCUT2D eigenvalue weighted by atomic mass is 9.86. The Bertz CT molecular complexity index is 150. The summed E-state index contributed by atoms with van der Waals surface area (Å²) in [4.78, 5) is 3.28. The predicted octanol–water partition coefficient (Wildman–Crippen LogP) is 2.82. The molecule has 62 valence electrons. The van der Waals surface area contributed by atoms with Gasteiger partial charge in [-0.15, -0.1) is 0 Å². The van der Waals surface area contributed by atoms with Gasteiger partial charge < -0.3 is 4.85 Å². The van der Waals surface area contributed by atoms with Crippen molar-refractivity contribution in [2.45, 2.75) is 38.3 Å². The Morgan fingerprint density at radius 2 is 2.27 bits per heavy atom. The van der Waals surface area contributed by atoms with E-state index in [0.717, 1.165) is 25.7 Å². The zero-order valence-corrected chi connectivity index (χ0v) is 6.72. The van der Waals surface area contributed by atoms with Gasteiger partial charge in [0.2, 0.25) is 6.54 Å². The molecule has 0 amide bonds. The van der Waals surface area contributed by atoms with Gasteiger partial charge >= 0.3 is 0 Å². The second-order valence-electron chi connectivity index (χ2n) is 3.30. The Labute approximate surface area is 67.4 Å². The van der Waals surface area contributed by atoms with Gasteiger partial charge in [-0.1, -0.05) is 6.42 Å². The van der Waals surface area contributed by atoms with Crippen LogP contribution in [0.5, 0.6) is 0 Å². The maximum Gasteiger partial charge on any atom is 0.214 e. The van der Waals surface area contributed by atoms with Gasteiger partial charge in [-0.2, -0.15) is 0 Å². The van der Waals surface area contributed by atoms with E-state index in [2.05, 4.69) is 4.85 Å². The third-order valence-corrected chi connectivity index (χ3v) is 2.37. The molecule has 2 atom stereocenters. The fraction of sp³-hybridized carbons (Fsp3) is 0.889. The highest BCUT2D eigenvalue weighted by Crippen LogP contribution is 2.28. The second-order valence-corrected chi connectivity index (χ2v) is 3.30. The lowest BCUT2D eigenvalue weighted by Gasteiger charge is -2.22. The minimum Gasteiger partial charge on any atom is -0.317 e. The van der Waals surface area contributed by atoms with Crippen molar-refractivity contribution in [1.29, 1.82) is 0 Å². The van der Waals surface area contributed by atoms with Crippen LogP contribution in [0.1, 0.15) is 32.1 Å². The highest BCUT2D eigenvalue weighted by atomic mass is 19.1. The standard InChI is InChI=1S/C9H14FN/c1-11-6-5-8-3-2-4-9(10)7-8/h8-9H,2-7H2.